The van der Waals surface area contributed by atoms with Crippen molar-refractivity contribution in [3.63, 3.8) is 0 Å². The summed E-state index contributed by atoms with van der Waals surface area (Å²) in [6.07, 6.45) is 0.651. The van der Waals surface area contributed by atoms with Crippen molar-refractivity contribution in [3.05, 3.63) is 80.7 Å². The monoisotopic (exact) mass is 736 g/mol. The molecule has 0 unspecified atom stereocenters. The van der Waals surface area contributed by atoms with Crippen molar-refractivity contribution in [1.29, 1.82) is 10.8 Å². The zero-order valence-corrected chi connectivity index (χ0v) is 31.9. The van der Waals surface area contributed by atoms with E-state index in [1.165, 1.54) is 11.3 Å². The first kappa shape index (κ1) is 39.7. The topological polar surface area (TPSA) is 149 Å². The van der Waals surface area contributed by atoms with Crippen LogP contribution in [0.3, 0.4) is 0 Å². The van der Waals surface area contributed by atoms with E-state index in [0.29, 0.717) is 62.4 Å². The molecule has 0 radical (unpaired) electrons. The van der Waals surface area contributed by atoms with Gasteiger partial charge in [-0.15, -0.1) is 11.3 Å². The van der Waals surface area contributed by atoms with E-state index in [1.807, 2.05) is 50.2 Å². The number of nitrogens with zero attached hydrogens (tertiary/aromatic N) is 2. The maximum Gasteiger partial charge on any atom is 0.246 e. The minimum atomic E-state index is -0.799. The summed E-state index contributed by atoms with van der Waals surface area (Å²) < 4.78 is 16.8. The second-order valence-electron chi connectivity index (χ2n) is 13.6. The molecule has 274 valence electrons. The number of fused-ring (bicyclic) bond motifs is 1. The number of nitrogens with one attached hydrogen (secondary N) is 4. The molecule has 0 fully saturated rings. The van der Waals surface area contributed by atoms with E-state index in [9.17, 15) is 9.59 Å². The van der Waals surface area contributed by atoms with Crippen molar-refractivity contribution in [2.24, 2.45) is 10.4 Å². The maximum atomic E-state index is 13.3. The van der Waals surface area contributed by atoms with Crippen LogP contribution in [-0.4, -0.2) is 74.8 Å². The van der Waals surface area contributed by atoms with Crippen molar-refractivity contribution in [3.8, 4) is 5.75 Å². The molecule has 13 heteroatoms. The minimum absolute atomic E-state index is 0.0219. The fourth-order valence-corrected chi connectivity index (χ4v) is 6.54. The highest BCUT2D eigenvalue weighted by Crippen LogP contribution is 2.40. The standard InChI is InChI=1S/C38H49ClN6O5S/c1-24-25(2)51-37-34(24)35(28-10-12-29(39)13-11-28)44-31(36(41)45(37)26(3)40)20-32(46)42-21-27-8-14-30(15-9-27)50-17-7-16-48-18-19-49-22-33(47)43-23-38(4,5)6/h8-15,31,40-41H,7,16-23H2,1-6H3,(H,42,46)(H,43,47)/t31-/m0/s1. The van der Waals surface area contributed by atoms with Crippen LogP contribution >= 0.6 is 22.9 Å². The van der Waals surface area contributed by atoms with Gasteiger partial charge in [0.1, 0.15) is 35.1 Å². The summed E-state index contributed by atoms with van der Waals surface area (Å²) in [5.74, 6) is 0.607. The number of ether oxygens (including phenoxy) is 3. The Morgan fingerprint density at radius 3 is 2.31 bits per heavy atom. The fourth-order valence-electron chi connectivity index (χ4n) is 5.19. The molecular weight excluding hydrogens is 688 g/mol. The van der Waals surface area contributed by atoms with Gasteiger partial charge in [0.05, 0.1) is 32.0 Å². The quantitative estimate of drug-likeness (QED) is 0.0732. The van der Waals surface area contributed by atoms with E-state index in [1.54, 1.807) is 24.0 Å². The van der Waals surface area contributed by atoms with Crippen LogP contribution in [0.15, 0.2) is 53.5 Å². The number of anilines is 1. The number of halogens is 1. The van der Waals surface area contributed by atoms with E-state index < -0.39 is 6.04 Å². The molecule has 2 amide bonds. The smallest absolute Gasteiger partial charge is 0.246 e. The number of carbonyl (C=O) groups excluding carboxylic acids is 2. The van der Waals surface area contributed by atoms with E-state index in [2.05, 4.69) is 31.4 Å². The number of carbonyl (C=O) groups is 2. The number of amidine groups is 2. The van der Waals surface area contributed by atoms with Crippen molar-refractivity contribution in [1.82, 2.24) is 10.6 Å². The average Bonchev–Trinajstić information content (AvgIpc) is 3.30. The SMILES string of the molecule is CC(=N)N1C(=N)[C@H](CC(=O)NCc2ccc(OCCCOCCOCC(=O)NCC(C)(C)C)cc2)N=C(c2ccc(Cl)cc2)c2c1sc(C)c2C. The fraction of sp³-hybridized carbons (Fsp3) is 0.447. The van der Waals surface area contributed by atoms with E-state index >= 15 is 0 Å². The molecule has 1 aliphatic rings. The third-order valence-corrected chi connectivity index (χ3v) is 9.46. The third-order valence-electron chi connectivity index (χ3n) is 8.02. The summed E-state index contributed by atoms with van der Waals surface area (Å²) in [5, 5.41) is 24.8. The molecule has 2 aromatic carbocycles. The van der Waals surface area contributed by atoms with Gasteiger partial charge in [-0.3, -0.25) is 30.3 Å². The van der Waals surface area contributed by atoms with Crippen LogP contribution in [0, 0.1) is 30.1 Å². The first-order valence-corrected chi connectivity index (χ1v) is 18.2. The molecule has 0 bridgehead atoms. The Balaban J connectivity index is 1.24. The number of rotatable bonds is 16. The Morgan fingerprint density at radius 1 is 0.961 bits per heavy atom. The number of hydrogen-bond donors (Lipinski definition) is 4. The summed E-state index contributed by atoms with van der Waals surface area (Å²) in [5.41, 5.74) is 4.34. The molecule has 11 nitrogen and oxygen atoms in total. The first-order valence-electron chi connectivity index (χ1n) is 17.0. The lowest BCUT2D eigenvalue weighted by atomic mass is 9.97. The molecule has 0 spiro atoms. The molecule has 0 saturated heterocycles. The van der Waals surface area contributed by atoms with Gasteiger partial charge < -0.3 is 24.8 Å². The maximum absolute atomic E-state index is 13.3. The highest BCUT2D eigenvalue weighted by Gasteiger charge is 2.34. The van der Waals surface area contributed by atoms with Crippen LogP contribution in [0.2, 0.25) is 5.02 Å². The lowest BCUT2D eigenvalue weighted by Crippen LogP contribution is -2.42. The summed E-state index contributed by atoms with van der Waals surface area (Å²) in [6.45, 7) is 14.5. The molecule has 51 heavy (non-hydrogen) atoms. The van der Waals surface area contributed by atoms with Gasteiger partial charge in [-0.1, -0.05) is 56.6 Å². The van der Waals surface area contributed by atoms with E-state index in [4.69, 9.17) is 41.6 Å². The molecule has 1 atom stereocenters. The second kappa shape index (κ2) is 18.4. The molecule has 0 saturated carbocycles. The molecule has 1 aliphatic heterocycles. The van der Waals surface area contributed by atoms with Gasteiger partial charge in [-0.05, 0) is 61.6 Å². The average molecular weight is 737 g/mol. The Bertz CT molecular complexity index is 1720. The van der Waals surface area contributed by atoms with Gasteiger partial charge in [0, 0.05) is 47.1 Å². The van der Waals surface area contributed by atoms with Crippen molar-refractivity contribution < 1.29 is 23.8 Å². The molecule has 0 aliphatic carbocycles. The summed E-state index contributed by atoms with van der Waals surface area (Å²) in [7, 11) is 0. The number of amides is 2. The molecule has 4 N–H and O–H groups in total. The largest absolute Gasteiger partial charge is 0.494 e. The van der Waals surface area contributed by atoms with Gasteiger partial charge >= 0.3 is 0 Å². The zero-order valence-electron chi connectivity index (χ0n) is 30.3. The van der Waals surface area contributed by atoms with Crippen molar-refractivity contribution in [2.45, 2.75) is 67.0 Å². The van der Waals surface area contributed by atoms with E-state index in [0.717, 1.165) is 32.1 Å². The number of benzene rings is 2. The van der Waals surface area contributed by atoms with Gasteiger partial charge in [0.2, 0.25) is 11.8 Å². The minimum Gasteiger partial charge on any atom is -0.494 e. The number of aliphatic imine (C=N–C) groups is 1. The normalized spacial score (nSPS) is 14.4. The molecule has 1 aromatic heterocycles. The van der Waals surface area contributed by atoms with Crippen LogP contribution < -0.4 is 20.3 Å². The number of thiophene rings is 1. The Hall–Kier alpha value is -4.10. The summed E-state index contributed by atoms with van der Waals surface area (Å²) in [4.78, 5) is 32.7. The van der Waals surface area contributed by atoms with Gasteiger partial charge in [-0.2, -0.15) is 0 Å². The van der Waals surface area contributed by atoms with Gasteiger partial charge in [-0.25, -0.2) is 0 Å². The van der Waals surface area contributed by atoms with Crippen molar-refractivity contribution >= 4 is 57.1 Å². The summed E-state index contributed by atoms with van der Waals surface area (Å²) >= 11 is 7.70. The van der Waals surface area contributed by atoms with Gasteiger partial charge in [0.25, 0.3) is 0 Å². The number of hydrogen-bond acceptors (Lipinski definition) is 9. The highest BCUT2D eigenvalue weighted by atomic mass is 35.5. The third kappa shape index (κ3) is 11.7. The Labute approximate surface area is 309 Å². The number of aryl methyl sites for hydroxylation is 1. The zero-order chi connectivity index (χ0) is 37.1. The molecule has 3 aromatic rings. The predicted molar refractivity (Wildman–Crippen MR) is 205 cm³/mol. The summed E-state index contributed by atoms with van der Waals surface area (Å²) in [6, 6.07) is 14.1. The van der Waals surface area contributed by atoms with Crippen LogP contribution in [0.25, 0.3) is 0 Å². The van der Waals surface area contributed by atoms with Crippen LogP contribution in [0.1, 0.15) is 67.7 Å². The Morgan fingerprint density at radius 2 is 1.65 bits per heavy atom. The van der Waals surface area contributed by atoms with Crippen molar-refractivity contribution in [2.75, 3.05) is 44.5 Å². The lowest BCUT2D eigenvalue weighted by Gasteiger charge is -2.24. The van der Waals surface area contributed by atoms with Gasteiger partial charge in [0.15, 0.2) is 0 Å². The van der Waals surface area contributed by atoms with Crippen LogP contribution in [-0.2, 0) is 25.6 Å². The lowest BCUT2D eigenvalue weighted by molar-refractivity contribution is -0.126. The Kier molecular flexibility index (Phi) is 14.3. The van der Waals surface area contributed by atoms with Crippen LogP contribution in [0.5, 0.6) is 5.75 Å². The second-order valence-corrected chi connectivity index (χ2v) is 15.2. The molecule has 2 heterocycles. The van der Waals surface area contributed by atoms with E-state index in [-0.39, 0.29) is 41.9 Å². The molecule has 4 rings (SSSR count). The first-order chi connectivity index (χ1) is 24.2. The predicted octanol–water partition coefficient (Wildman–Crippen LogP) is 6.69. The van der Waals surface area contributed by atoms with Crippen LogP contribution in [0.4, 0.5) is 5.00 Å². The molecular formula is C38H49ClN6O5S. The highest BCUT2D eigenvalue weighted by molar-refractivity contribution is 7.17.